The molecule has 13 heavy (non-hydrogen) atoms. The lowest BCUT2D eigenvalue weighted by Crippen LogP contribution is -2.32. The highest BCUT2D eigenvalue weighted by molar-refractivity contribution is 14.1. The zero-order valence-electron chi connectivity index (χ0n) is 8.16. The Morgan fingerprint density at radius 1 is 1.46 bits per heavy atom. The van der Waals surface area contributed by atoms with Crippen molar-refractivity contribution in [1.82, 2.24) is 0 Å². The molecule has 0 aromatic rings. The summed E-state index contributed by atoms with van der Waals surface area (Å²) >= 11 is 2.29. The zero-order valence-corrected chi connectivity index (χ0v) is 11.1. The van der Waals surface area contributed by atoms with Gasteiger partial charge in [-0.2, -0.15) is 0 Å². The Bertz CT molecular complexity index is 261. The summed E-state index contributed by atoms with van der Waals surface area (Å²) < 4.78 is 24.3. The molecule has 1 saturated carbocycles. The molecule has 0 radical (unpaired) electrons. The van der Waals surface area contributed by atoms with Crippen LogP contribution in [0.1, 0.15) is 39.5 Å². The molecule has 0 heterocycles. The molecule has 78 valence electrons. The van der Waals surface area contributed by atoms with Gasteiger partial charge < -0.3 is 0 Å². The third-order valence-corrected chi connectivity index (χ3v) is 7.77. The monoisotopic (exact) mass is 316 g/mol. The molecule has 2 nitrogen and oxygen atoms in total. The van der Waals surface area contributed by atoms with E-state index in [1.807, 2.05) is 13.8 Å². The molecule has 0 saturated heterocycles. The van der Waals surface area contributed by atoms with Crippen LogP contribution in [-0.2, 0) is 9.84 Å². The zero-order chi connectivity index (χ0) is 10.1. The lowest BCUT2D eigenvalue weighted by molar-refractivity contribution is 0.566. The molecule has 4 heteroatoms. The van der Waals surface area contributed by atoms with Crippen LogP contribution in [0.5, 0.6) is 0 Å². The molecule has 1 rings (SSSR count). The maximum atomic E-state index is 12.0. The Morgan fingerprint density at radius 2 is 2.08 bits per heavy atom. The standard InChI is InChI=1S/C9H17IO2S/c1-3-7(2)13(11,12)9-6-4-5-8(9)10/h7-9H,3-6H2,1-2H3. The topological polar surface area (TPSA) is 34.1 Å². The van der Waals surface area contributed by atoms with E-state index in [-0.39, 0.29) is 10.5 Å². The Balaban J connectivity index is 2.80. The highest BCUT2D eigenvalue weighted by Crippen LogP contribution is 2.33. The predicted octanol–water partition coefficient (Wildman–Crippen LogP) is 2.56. The van der Waals surface area contributed by atoms with E-state index >= 15 is 0 Å². The fourth-order valence-corrected chi connectivity index (χ4v) is 5.91. The van der Waals surface area contributed by atoms with Crippen LogP contribution in [0.25, 0.3) is 0 Å². The van der Waals surface area contributed by atoms with Crippen LogP contribution in [0.4, 0.5) is 0 Å². The number of hydrogen-bond donors (Lipinski definition) is 0. The number of sulfone groups is 1. The predicted molar refractivity (Wildman–Crippen MR) is 64.1 cm³/mol. The van der Waals surface area contributed by atoms with Crippen molar-refractivity contribution in [2.75, 3.05) is 0 Å². The maximum Gasteiger partial charge on any atom is 0.156 e. The molecule has 1 fully saturated rings. The average molecular weight is 316 g/mol. The normalized spacial score (nSPS) is 31.9. The molecule has 0 aromatic carbocycles. The minimum absolute atomic E-state index is 0.0666. The molecule has 0 aromatic heterocycles. The van der Waals surface area contributed by atoms with Gasteiger partial charge >= 0.3 is 0 Å². The summed E-state index contributed by atoms with van der Waals surface area (Å²) in [5, 5.41) is -0.226. The summed E-state index contributed by atoms with van der Waals surface area (Å²) in [4.78, 5) is 0. The van der Waals surface area contributed by atoms with E-state index in [4.69, 9.17) is 0 Å². The first-order valence-electron chi connectivity index (χ1n) is 4.87. The maximum absolute atomic E-state index is 12.0. The molecule has 3 unspecified atom stereocenters. The number of alkyl halides is 1. The van der Waals surface area contributed by atoms with E-state index in [1.165, 1.54) is 0 Å². The van der Waals surface area contributed by atoms with Crippen molar-refractivity contribution < 1.29 is 8.42 Å². The van der Waals surface area contributed by atoms with E-state index in [9.17, 15) is 8.42 Å². The molecule has 0 amide bonds. The van der Waals surface area contributed by atoms with Crippen LogP contribution >= 0.6 is 22.6 Å². The lowest BCUT2D eigenvalue weighted by atomic mass is 10.4. The van der Waals surface area contributed by atoms with Gasteiger partial charge in [-0.05, 0) is 26.2 Å². The molecule has 0 N–H and O–H groups in total. The van der Waals surface area contributed by atoms with Gasteiger partial charge in [0, 0.05) is 3.92 Å². The van der Waals surface area contributed by atoms with Gasteiger partial charge in [-0.3, -0.25) is 0 Å². The second-order valence-electron chi connectivity index (χ2n) is 3.79. The molecule has 3 atom stereocenters. The summed E-state index contributed by atoms with van der Waals surface area (Å²) in [5.41, 5.74) is 0. The van der Waals surface area contributed by atoms with Crippen molar-refractivity contribution >= 4 is 32.4 Å². The summed E-state index contributed by atoms with van der Waals surface area (Å²) in [5.74, 6) is 0. The van der Waals surface area contributed by atoms with Gasteiger partial charge in [0.25, 0.3) is 0 Å². The van der Waals surface area contributed by atoms with Crippen molar-refractivity contribution in [3.05, 3.63) is 0 Å². The molecule has 0 bridgehead atoms. The first-order chi connectivity index (χ1) is 6.00. The minimum Gasteiger partial charge on any atom is -0.228 e. The van der Waals surface area contributed by atoms with Crippen molar-refractivity contribution in [1.29, 1.82) is 0 Å². The van der Waals surface area contributed by atoms with E-state index in [0.29, 0.717) is 3.92 Å². The Labute approximate surface area is 94.5 Å². The average Bonchev–Trinajstić information content (AvgIpc) is 2.50. The van der Waals surface area contributed by atoms with Crippen LogP contribution in [-0.4, -0.2) is 22.8 Å². The van der Waals surface area contributed by atoms with Gasteiger partial charge in [0.05, 0.1) is 10.5 Å². The molecule has 1 aliphatic rings. The summed E-state index contributed by atoms with van der Waals surface area (Å²) in [6.07, 6.45) is 3.76. The first kappa shape index (κ1) is 11.8. The number of halogens is 1. The highest BCUT2D eigenvalue weighted by Gasteiger charge is 2.38. The van der Waals surface area contributed by atoms with Crippen molar-refractivity contribution in [2.45, 2.75) is 54.0 Å². The Morgan fingerprint density at radius 3 is 2.46 bits per heavy atom. The SMILES string of the molecule is CCC(C)S(=O)(=O)C1CCCC1I. The third kappa shape index (κ3) is 2.37. The summed E-state index contributed by atoms with van der Waals surface area (Å²) in [6.45, 7) is 3.77. The summed E-state index contributed by atoms with van der Waals surface area (Å²) in [6, 6.07) is 0. The third-order valence-electron chi connectivity index (χ3n) is 2.93. The van der Waals surface area contributed by atoms with Crippen LogP contribution in [0, 0.1) is 0 Å². The number of rotatable bonds is 3. The fraction of sp³-hybridized carbons (Fsp3) is 1.00. The second-order valence-corrected chi connectivity index (χ2v) is 7.98. The largest absolute Gasteiger partial charge is 0.228 e. The van der Waals surface area contributed by atoms with Crippen LogP contribution in [0.3, 0.4) is 0 Å². The van der Waals surface area contributed by atoms with Gasteiger partial charge in [0.1, 0.15) is 0 Å². The van der Waals surface area contributed by atoms with Crippen molar-refractivity contribution in [2.24, 2.45) is 0 Å². The minimum atomic E-state index is -2.85. The Hall–Kier alpha value is 0.680. The smallest absolute Gasteiger partial charge is 0.156 e. The first-order valence-corrected chi connectivity index (χ1v) is 7.72. The van der Waals surface area contributed by atoms with Crippen LogP contribution in [0.2, 0.25) is 0 Å². The lowest BCUT2D eigenvalue weighted by Gasteiger charge is -2.19. The quantitative estimate of drug-likeness (QED) is 0.592. The van der Waals surface area contributed by atoms with Gasteiger partial charge in [0.2, 0.25) is 0 Å². The van der Waals surface area contributed by atoms with E-state index in [2.05, 4.69) is 22.6 Å². The number of hydrogen-bond acceptors (Lipinski definition) is 2. The van der Waals surface area contributed by atoms with Crippen LogP contribution < -0.4 is 0 Å². The summed E-state index contributed by atoms with van der Waals surface area (Å²) in [7, 11) is -2.85. The van der Waals surface area contributed by atoms with Crippen LogP contribution in [0.15, 0.2) is 0 Å². The molecule has 1 aliphatic carbocycles. The van der Waals surface area contributed by atoms with E-state index < -0.39 is 9.84 Å². The van der Waals surface area contributed by atoms with E-state index in [1.54, 1.807) is 0 Å². The molecule has 0 spiro atoms. The van der Waals surface area contributed by atoms with Gasteiger partial charge in [-0.1, -0.05) is 35.9 Å². The Kier molecular flexibility index (Phi) is 4.04. The fourth-order valence-electron chi connectivity index (χ4n) is 1.78. The van der Waals surface area contributed by atoms with Gasteiger partial charge in [-0.25, -0.2) is 8.42 Å². The van der Waals surface area contributed by atoms with Gasteiger partial charge in [-0.15, -0.1) is 0 Å². The molecular weight excluding hydrogens is 299 g/mol. The van der Waals surface area contributed by atoms with Gasteiger partial charge in [0.15, 0.2) is 9.84 Å². The second kappa shape index (κ2) is 4.47. The molecule has 0 aliphatic heterocycles. The molecular formula is C9H17IO2S. The van der Waals surface area contributed by atoms with Crippen molar-refractivity contribution in [3.63, 3.8) is 0 Å². The van der Waals surface area contributed by atoms with Crippen molar-refractivity contribution in [3.8, 4) is 0 Å². The van der Waals surface area contributed by atoms with E-state index in [0.717, 1.165) is 25.7 Å². The highest BCUT2D eigenvalue weighted by atomic mass is 127.